The molecule has 0 spiro atoms. The van der Waals surface area contributed by atoms with E-state index in [2.05, 4.69) is 62.0 Å². The second kappa shape index (κ2) is 5.74. The molecule has 104 valence electrons. The first-order chi connectivity index (χ1) is 9.07. The second-order valence-corrected chi connectivity index (χ2v) is 5.90. The molecule has 2 aromatic rings. The summed E-state index contributed by atoms with van der Waals surface area (Å²) in [5.41, 5.74) is 2.70. The summed E-state index contributed by atoms with van der Waals surface area (Å²) in [6.45, 7) is 11.9. The largest absolute Gasteiger partial charge is 0.316 e. The third-order valence-corrected chi connectivity index (χ3v) is 3.53. The van der Waals surface area contributed by atoms with Gasteiger partial charge >= 0.3 is 0 Å². The molecule has 19 heavy (non-hydrogen) atoms. The topological polar surface area (TPSA) is 29.9 Å². The Morgan fingerprint density at radius 3 is 2.63 bits per heavy atom. The van der Waals surface area contributed by atoms with Crippen LogP contribution in [0.15, 0.2) is 24.3 Å². The summed E-state index contributed by atoms with van der Waals surface area (Å²) in [6, 6.07) is 8.54. The maximum Gasteiger partial charge on any atom is 0.0709 e. The minimum absolute atomic E-state index is 0.228. The molecule has 0 aliphatic rings. The van der Waals surface area contributed by atoms with Crippen molar-refractivity contribution in [1.29, 1.82) is 0 Å². The minimum atomic E-state index is 0.228. The number of nitrogens with zero attached hydrogens (tertiary/aromatic N) is 2. The molecular weight excluding hydrogens is 234 g/mol. The fraction of sp³-hybridized carbons (Fsp3) is 0.562. The van der Waals surface area contributed by atoms with Crippen LogP contribution in [0.5, 0.6) is 0 Å². The van der Waals surface area contributed by atoms with Crippen molar-refractivity contribution in [3.63, 3.8) is 0 Å². The first-order valence-corrected chi connectivity index (χ1v) is 7.22. The van der Waals surface area contributed by atoms with Crippen LogP contribution in [0.3, 0.4) is 0 Å². The molecule has 0 saturated carbocycles. The van der Waals surface area contributed by atoms with Crippen molar-refractivity contribution < 1.29 is 0 Å². The monoisotopic (exact) mass is 259 g/mol. The van der Waals surface area contributed by atoms with E-state index in [-0.39, 0.29) is 5.41 Å². The van der Waals surface area contributed by atoms with Crippen LogP contribution in [0.2, 0.25) is 0 Å². The molecule has 0 amide bonds. The molecule has 0 fully saturated rings. The third-order valence-electron chi connectivity index (χ3n) is 3.53. The molecule has 0 aliphatic carbocycles. The van der Waals surface area contributed by atoms with Crippen molar-refractivity contribution in [3.8, 4) is 0 Å². The minimum Gasteiger partial charge on any atom is -0.316 e. The second-order valence-electron chi connectivity index (χ2n) is 5.90. The number of hydrogen-bond acceptors (Lipinski definition) is 2. The van der Waals surface area contributed by atoms with E-state index in [0.29, 0.717) is 0 Å². The van der Waals surface area contributed by atoms with Crippen LogP contribution >= 0.6 is 0 Å². The van der Waals surface area contributed by atoms with Crippen molar-refractivity contribution in [2.45, 2.75) is 40.7 Å². The van der Waals surface area contributed by atoms with E-state index >= 15 is 0 Å². The highest BCUT2D eigenvalue weighted by Crippen LogP contribution is 2.26. The van der Waals surface area contributed by atoms with Crippen LogP contribution in [0.4, 0.5) is 0 Å². The summed E-state index contributed by atoms with van der Waals surface area (Å²) in [5.74, 6) is 0. The van der Waals surface area contributed by atoms with Gasteiger partial charge in [0.2, 0.25) is 0 Å². The number of benzene rings is 1. The van der Waals surface area contributed by atoms with Gasteiger partial charge in [-0.15, -0.1) is 0 Å². The van der Waals surface area contributed by atoms with E-state index in [9.17, 15) is 0 Å². The zero-order valence-electron chi connectivity index (χ0n) is 12.5. The van der Waals surface area contributed by atoms with Crippen molar-refractivity contribution in [1.82, 2.24) is 15.1 Å². The summed E-state index contributed by atoms with van der Waals surface area (Å²) in [6.07, 6.45) is 1.01. The molecule has 1 heterocycles. The quantitative estimate of drug-likeness (QED) is 0.863. The number of rotatable bonds is 6. The number of aryl methyl sites for hydroxylation is 1. The van der Waals surface area contributed by atoms with Crippen LogP contribution in [0.1, 0.15) is 33.4 Å². The lowest BCUT2D eigenvalue weighted by molar-refractivity contribution is 0.338. The number of aromatic nitrogens is 2. The SMILES string of the molecule is CCNCC(C)(C)Cc1nn(CC)c2ccccc12. The molecule has 0 aliphatic heterocycles. The summed E-state index contributed by atoms with van der Waals surface area (Å²) in [7, 11) is 0. The standard InChI is InChI=1S/C16H25N3/c1-5-17-12-16(3,4)11-14-13-9-7-8-10-15(13)19(6-2)18-14/h7-10,17H,5-6,11-12H2,1-4H3. The molecule has 1 aromatic carbocycles. The summed E-state index contributed by atoms with van der Waals surface area (Å²) in [5, 5.41) is 9.53. The molecule has 1 N–H and O–H groups in total. The van der Waals surface area contributed by atoms with Crippen molar-refractivity contribution in [3.05, 3.63) is 30.0 Å². The fourth-order valence-electron chi connectivity index (χ4n) is 2.55. The number of hydrogen-bond donors (Lipinski definition) is 1. The predicted octanol–water partition coefficient (Wildman–Crippen LogP) is 3.23. The zero-order chi connectivity index (χ0) is 13.9. The normalized spacial score (nSPS) is 12.2. The molecule has 0 saturated heterocycles. The van der Waals surface area contributed by atoms with Gasteiger partial charge in [-0.1, -0.05) is 39.0 Å². The Labute approximate surface area is 116 Å². The first kappa shape index (κ1) is 14.1. The molecule has 3 nitrogen and oxygen atoms in total. The lowest BCUT2D eigenvalue weighted by atomic mass is 9.87. The van der Waals surface area contributed by atoms with E-state index in [4.69, 9.17) is 5.10 Å². The number of para-hydroxylation sites is 1. The highest BCUT2D eigenvalue weighted by Gasteiger charge is 2.21. The van der Waals surface area contributed by atoms with Crippen molar-refractivity contribution in [2.24, 2.45) is 5.41 Å². The maximum absolute atomic E-state index is 4.79. The van der Waals surface area contributed by atoms with Gasteiger partial charge in [0.1, 0.15) is 0 Å². The summed E-state index contributed by atoms with van der Waals surface area (Å²) < 4.78 is 2.11. The van der Waals surface area contributed by atoms with E-state index < -0.39 is 0 Å². The van der Waals surface area contributed by atoms with Gasteiger partial charge < -0.3 is 5.32 Å². The molecule has 3 heteroatoms. The Balaban J connectivity index is 2.30. The molecular formula is C16H25N3. The van der Waals surface area contributed by atoms with Crippen LogP contribution in [-0.4, -0.2) is 22.9 Å². The fourth-order valence-corrected chi connectivity index (χ4v) is 2.55. The van der Waals surface area contributed by atoms with E-state index in [0.717, 1.165) is 26.1 Å². The van der Waals surface area contributed by atoms with E-state index in [1.165, 1.54) is 16.6 Å². The van der Waals surface area contributed by atoms with Crippen LogP contribution in [0.25, 0.3) is 10.9 Å². The average Bonchev–Trinajstić information content (AvgIpc) is 2.74. The van der Waals surface area contributed by atoms with Gasteiger partial charge in [-0.3, -0.25) is 4.68 Å². The average molecular weight is 259 g/mol. The van der Waals surface area contributed by atoms with Gasteiger partial charge in [0.15, 0.2) is 0 Å². The molecule has 2 rings (SSSR count). The van der Waals surface area contributed by atoms with Crippen molar-refractivity contribution >= 4 is 10.9 Å². The Morgan fingerprint density at radius 1 is 1.21 bits per heavy atom. The summed E-state index contributed by atoms with van der Waals surface area (Å²) in [4.78, 5) is 0. The van der Waals surface area contributed by atoms with Gasteiger partial charge in [0.05, 0.1) is 11.2 Å². The van der Waals surface area contributed by atoms with Gasteiger partial charge in [0, 0.05) is 18.5 Å². The smallest absolute Gasteiger partial charge is 0.0709 e. The molecule has 0 radical (unpaired) electrons. The highest BCUT2D eigenvalue weighted by molar-refractivity contribution is 5.82. The Hall–Kier alpha value is -1.35. The van der Waals surface area contributed by atoms with Gasteiger partial charge in [0.25, 0.3) is 0 Å². The first-order valence-electron chi connectivity index (χ1n) is 7.22. The molecule has 1 aromatic heterocycles. The third kappa shape index (κ3) is 3.16. The van der Waals surface area contributed by atoms with Crippen molar-refractivity contribution in [2.75, 3.05) is 13.1 Å². The Bertz CT molecular complexity index is 540. The Morgan fingerprint density at radius 2 is 1.95 bits per heavy atom. The lowest BCUT2D eigenvalue weighted by Crippen LogP contribution is -2.31. The van der Waals surface area contributed by atoms with Gasteiger partial charge in [-0.05, 0) is 31.4 Å². The van der Waals surface area contributed by atoms with Gasteiger partial charge in [-0.2, -0.15) is 5.10 Å². The van der Waals surface area contributed by atoms with Gasteiger partial charge in [-0.25, -0.2) is 0 Å². The van der Waals surface area contributed by atoms with Crippen LogP contribution in [-0.2, 0) is 13.0 Å². The zero-order valence-corrected chi connectivity index (χ0v) is 12.5. The molecule has 0 atom stereocenters. The number of nitrogens with one attached hydrogen (secondary N) is 1. The molecule has 0 unspecified atom stereocenters. The van der Waals surface area contributed by atoms with Crippen LogP contribution < -0.4 is 5.32 Å². The molecule has 0 bridgehead atoms. The predicted molar refractivity (Wildman–Crippen MR) is 81.4 cm³/mol. The van der Waals surface area contributed by atoms with E-state index in [1.54, 1.807) is 0 Å². The lowest BCUT2D eigenvalue weighted by Gasteiger charge is -2.24. The summed E-state index contributed by atoms with van der Waals surface area (Å²) >= 11 is 0. The highest BCUT2D eigenvalue weighted by atomic mass is 15.3. The maximum atomic E-state index is 4.79. The Kier molecular flexibility index (Phi) is 4.25. The number of fused-ring (bicyclic) bond motifs is 1. The van der Waals surface area contributed by atoms with Crippen LogP contribution in [0, 0.1) is 5.41 Å². The van der Waals surface area contributed by atoms with E-state index in [1.807, 2.05) is 0 Å².